The summed E-state index contributed by atoms with van der Waals surface area (Å²) >= 11 is 0. The van der Waals surface area contributed by atoms with Gasteiger partial charge in [0.1, 0.15) is 17.5 Å². The van der Waals surface area contributed by atoms with Gasteiger partial charge in [0.2, 0.25) is 0 Å². The van der Waals surface area contributed by atoms with E-state index in [1.54, 1.807) is 11.0 Å². The second kappa shape index (κ2) is 11.8. The first kappa shape index (κ1) is 25.4. The molecule has 0 bridgehead atoms. The number of morpholine rings is 1. The molecule has 190 valence electrons. The van der Waals surface area contributed by atoms with E-state index < -0.39 is 11.6 Å². The first-order chi connectivity index (χ1) is 17.5. The monoisotopic (exact) mass is 495 g/mol. The van der Waals surface area contributed by atoms with Crippen molar-refractivity contribution in [3.8, 4) is 0 Å². The fourth-order valence-electron chi connectivity index (χ4n) is 4.16. The van der Waals surface area contributed by atoms with Crippen molar-refractivity contribution in [2.24, 2.45) is 0 Å². The van der Waals surface area contributed by atoms with Crippen molar-refractivity contribution in [2.75, 3.05) is 54.9 Å². The number of nitrogens with zero attached hydrogens (tertiary/aromatic N) is 3. The summed E-state index contributed by atoms with van der Waals surface area (Å²) < 4.78 is 32.7. The summed E-state index contributed by atoms with van der Waals surface area (Å²) in [6.07, 6.45) is 1.53. The Kier molecular flexibility index (Phi) is 8.32. The molecule has 1 amide bonds. The third kappa shape index (κ3) is 6.28. The molecule has 36 heavy (non-hydrogen) atoms. The van der Waals surface area contributed by atoms with Crippen LogP contribution in [0.5, 0.6) is 0 Å². The van der Waals surface area contributed by atoms with Gasteiger partial charge in [-0.3, -0.25) is 4.79 Å². The average Bonchev–Trinajstić information content (AvgIpc) is 2.88. The predicted molar refractivity (Wildman–Crippen MR) is 138 cm³/mol. The highest BCUT2D eigenvalue weighted by Crippen LogP contribution is 2.26. The Morgan fingerprint density at radius 2 is 1.69 bits per heavy atom. The largest absolute Gasteiger partial charge is 0.380 e. The predicted octanol–water partition coefficient (Wildman–Crippen LogP) is 5.03. The number of hydrogen-bond donors (Lipinski definition) is 2. The van der Waals surface area contributed by atoms with Gasteiger partial charge in [-0.15, -0.1) is 0 Å². The zero-order valence-electron chi connectivity index (χ0n) is 20.6. The molecule has 0 atom stereocenters. The SMILES string of the molecule is CCN(CC)C(=O)c1cnc(Nc2ccc(N3CCOCC3)cc2)cc1NCc1cc(F)cc(F)c1. The molecule has 0 aliphatic carbocycles. The highest BCUT2D eigenvalue weighted by atomic mass is 19.1. The number of nitrogens with one attached hydrogen (secondary N) is 2. The lowest BCUT2D eigenvalue weighted by Crippen LogP contribution is -2.36. The summed E-state index contributed by atoms with van der Waals surface area (Å²) in [6, 6.07) is 13.1. The van der Waals surface area contributed by atoms with Gasteiger partial charge in [0, 0.05) is 62.4 Å². The second-order valence-electron chi connectivity index (χ2n) is 8.50. The standard InChI is InChI=1S/C27H31F2N5O2/c1-3-33(4-2)27(35)24-18-31-26(16-25(24)30-17-19-13-20(28)15-21(29)14-19)32-22-5-7-23(8-6-22)34-9-11-36-12-10-34/h5-8,13-16,18H,3-4,9-12,17H2,1-2H3,(H2,30,31,32). The maximum Gasteiger partial charge on any atom is 0.257 e. The maximum absolute atomic E-state index is 13.7. The Bertz CT molecular complexity index is 1160. The maximum atomic E-state index is 13.7. The van der Waals surface area contributed by atoms with E-state index in [2.05, 4.69) is 20.5 Å². The number of halogens is 2. The Hall–Kier alpha value is -3.72. The number of carbonyl (C=O) groups is 1. The number of aromatic nitrogens is 1. The van der Waals surface area contributed by atoms with E-state index in [4.69, 9.17) is 4.74 Å². The van der Waals surface area contributed by atoms with Crippen LogP contribution < -0.4 is 15.5 Å². The van der Waals surface area contributed by atoms with E-state index in [1.807, 2.05) is 38.1 Å². The van der Waals surface area contributed by atoms with Gasteiger partial charge in [-0.1, -0.05) is 0 Å². The lowest BCUT2D eigenvalue weighted by molar-refractivity contribution is 0.0773. The van der Waals surface area contributed by atoms with Crippen molar-refractivity contribution in [2.45, 2.75) is 20.4 Å². The molecule has 0 radical (unpaired) electrons. The fraction of sp³-hybridized carbons (Fsp3) is 0.333. The quantitative estimate of drug-likeness (QED) is 0.434. The lowest BCUT2D eigenvalue weighted by atomic mass is 10.1. The van der Waals surface area contributed by atoms with E-state index in [-0.39, 0.29) is 12.5 Å². The minimum atomic E-state index is -0.649. The molecule has 0 saturated carbocycles. The number of hydrogen-bond acceptors (Lipinski definition) is 6. The molecule has 4 rings (SSSR count). The van der Waals surface area contributed by atoms with Crippen molar-refractivity contribution in [3.63, 3.8) is 0 Å². The minimum Gasteiger partial charge on any atom is -0.380 e. The van der Waals surface area contributed by atoms with Gasteiger partial charge in [0.05, 0.1) is 24.5 Å². The van der Waals surface area contributed by atoms with Gasteiger partial charge < -0.3 is 25.2 Å². The molecule has 2 heterocycles. The lowest BCUT2D eigenvalue weighted by Gasteiger charge is -2.28. The van der Waals surface area contributed by atoms with Crippen molar-refractivity contribution >= 4 is 28.8 Å². The zero-order chi connectivity index (χ0) is 25.5. The smallest absolute Gasteiger partial charge is 0.257 e. The first-order valence-corrected chi connectivity index (χ1v) is 12.1. The number of pyridine rings is 1. The van der Waals surface area contributed by atoms with Gasteiger partial charge in [0.25, 0.3) is 5.91 Å². The van der Waals surface area contributed by atoms with E-state index in [9.17, 15) is 13.6 Å². The molecule has 2 aromatic carbocycles. The normalized spacial score (nSPS) is 13.4. The van der Waals surface area contributed by atoms with E-state index in [0.717, 1.165) is 43.7 Å². The van der Waals surface area contributed by atoms with Crippen molar-refractivity contribution in [3.05, 3.63) is 77.5 Å². The van der Waals surface area contributed by atoms with Crippen LogP contribution >= 0.6 is 0 Å². The zero-order valence-corrected chi connectivity index (χ0v) is 20.6. The molecule has 9 heteroatoms. The molecular weight excluding hydrogens is 464 g/mol. The van der Waals surface area contributed by atoms with E-state index >= 15 is 0 Å². The van der Waals surface area contributed by atoms with Crippen LogP contribution in [0.25, 0.3) is 0 Å². The van der Waals surface area contributed by atoms with Crippen LogP contribution in [-0.4, -0.2) is 55.2 Å². The van der Waals surface area contributed by atoms with Gasteiger partial charge in [-0.05, 0) is 55.8 Å². The molecular formula is C27H31F2N5O2. The number of benzene rings is 2. The number of ether oxygens (including phenoxy) is 1. The second-order valence-corrected chi connectivity index (χ2v) is 8.50. The average molecular weight is 496 g/mol. The Balaban J connectivity index is 1.55. The van der Waals surface area contributed by atoms with Crippen LogP contribution in [0.2, 0.25) is 0 Å². The third-order valence-corrected chi connectivity index (χ3v) is 6.11. The molecule has 2 N–H and O–H groups in total. The summed E-state index contributed by atoms with van der Waals surface area (Å²) in [5.74, 6) is -0.923. The highest BCUT2D eigenvalue weighted by Gasteiger charge is 2.18. The Labute approximate surface area is 210 Å². The van der Waals surface area contributed by atoms with Crippen LogP contribution in [0.15, 0.2) is 54.7 Å². The molecule has 1 aliphatic rings. The molecule has 0 unspecified atom stereocenters. The highest BCUT2D eigenvalue weighted by molar-refractivity contribution is 5.99. The number of carbonyl (C=O) groups excluding carboxylic acids is 1. The summed E-state index contributed by atoms with van der Waals surface area (Å²) in [5.41, 5.74) is 3.32. The molecule has 1 fully saturated rings. The molecule has 1 aliphatic heterocycles. The van der Waals surface area contributed by atoms with Gasteiger partial charge in [0.15, 0.2) is 0 Å². The van der Waals surface area contributed by atoms with Crippen LogP contribution in [0.3, 0.4) is 0 Å². The first-order valence-electron chi connectivity index (χ1n) is 12.1. The van der Waals surface area contributed by atoms with E-state index in [1.165, 1.54) is 18.3 Å². The number of rotatable bonds is 9. The Morgan fingerprint density at radius 3 is 2.33 bits per heavy atom. The van der Waals surface area contributed by atoms with Crippen LogP contribution in [-0.2, 0) is 11.3 Å². The molecule has 0 spiro atoms. The van der Waals surface area contributed by atoms with Gasteiger partial charge in [-0.2, -0.15) is 0 Å². The van der Waals surface area contributed by atoms with E-state index in [0.29, 0.717) is 35.7 Å². The van der Waals surface area contributed by atoms with Gasteiger partial charge in [-0.25, -0.2) is 13.8 Å². The summed E-state index contributed by atoms with van der Waals surface area (Å²) in [4.78, 5) is 21.5. The summed E-state index contributed by atoms with van der Waals surface area (Å²) in [5, 5.41) is 6.44. The van der Waals surface area contributed by atoms with Crippen molar-refractivity contribution in [1.29, 1.82) is 0 Å². The van der Waals surface area contributed by atoms with Crippen LogP contribution in [0.4, 0.5) is 31.7 Å². The topological polar surface area (TPSA) is 69.7 Å². The summed E-state index contributed by atoms with van der Waals surface area (Å²) in [7, 11) is 0. The molecule has 3 aromatic rings. The van der Waals surface area contributed by atoms with Crippen LogP contribution in [0, 0.1) is 11.6 Å². The molecule has 1 aromatic heterocycles. The molecule has 7 nitrogen and oxygen atoms in total. The van der Waals surface area contributed by atoms with Crippen LogP contribution in [0.1, 0.15) is 29.8 Å². The van der Waals surface area contributed by atoms with Gasteiger partial charge >= 0.3 is 0 Å². The Morgan fingerprint density at radius 1 is 1.03 bits per heavy atom. The number of anilines is 4. The summed E-state index contributed by atoms with van der Waals surface area (Å²) in [6.45, 7) is 8.24. The molecule has 1 saturated heterocycles. The number of amides is 1. The van der Waals surface area contributed by atoms with Crippen molar-refractivity contribution < 1.29 is 18.3 Å². The third-order valence-electron chi connectivity index (χ3n) is 6.11. The minimum absolute atomic E-state index is 0.144. The van der Waals surface area contributed by atoms with Crippen molar-refractivity contribution in [1.82, 2.24) is 9.88 Å². The fourth-order valence-corrected chi connectivity index (χ4v) is 4.16.